The smallest absolute Gasteiger partial charge is 0.415 e. The number of carbonyl (C=O) groups excluding carboxylic acids is 1. The van der Waals surface area contributed by atoms with Crippen LogP contribution in [0.5, 0.6) is 0 Å². The summed E-state index contributed by atoms with van der Waals surface area (Å²) < 4.78 is 4.42. The molecule has 1 aromatic rings. The van der Waals surface area contributed by atoms with E-state index in [1.165, 1.54) is 13.1 Å². The van der Waals surface area contributed by atoms with Crippen molar-refractivity contribution in [1.29, 1.82) is 0 Å². The van der Waals surface area contributed by atoms with Crippen molar-refractivity contribution in [2.24, 2.45) is 0 Å². The maximum atomic E-state index is 10.9. The van der Waals surface area contributed by atoms with Crippen molar-refractivity contribution < 1.29 is 14.6 Å². The van der Waals surface area contributed by atoms with E-state index in [4.69, 9.17) is 5.11 Å². The Labute approximate surface area is 75.4 Å². The summed E-state index contributed by atoms with van der Waals surface area (Å²) in [6, 6.07) is 5.07. The zero-order valence-electron chi connectivity index (χ0n) is 7.10. The average Bonchev–Trinajstić information content (AvgIpc) is 2.04. The number of aliphatic hydroxyl groups is 1. The first kappa shape index (κ1) is 9.47. The lowest BCUT2D eigenvalue weighted by Gasteiger charge is -2.07. The molecule has 5 nitrogen and oxygen atoms in total. The third kappa shape index (κ3) is 3.53. The van der Waals surface area contributed by atoms with E-state index in [9.17, 15) is 4.79 Å². The largest absolute Gasteiger partial charge is 0.420 e. The van der Waals surface area contributed by atoms with Gasteiger partial charge in [-0.2, -0.15) is 0 Å². The zero-order valence-corrected chi connectivity index (χ0v) is 7.10. The van der Waals surface area contributed by atoms with Gasteiger partial charge < -0.3 is 9.84 Å². The van der Waals surface area contributed by atoms with Crippen LogP contribution in [-0.4, -0.2) is 22.5 Å². The first-order valence-corrected chi connectivity index (χ1v) is 3.75. The van der Waals surface area contributed by atoms with Crippen LogP contribution in [-0.2, 0) is 4.74 Å². The summed E-state index contributed by atoms with van der Waals surface area (Å²) in [6.07, 6.45) is -0.310. The van der Waals surface area contributed by atoms with Gasteiger partial charge in [-0.25, -0.2) is 9.78 Å². The van der Waals surface area contributed by atoms with Crippen LogP contribution >= 0.6 is 0 Å². The van der Waals surface area contributed by atoms with E-state index in [0.717, 1.165) is 0 Å². The number of aromatic nitrogens is 1. The Hall–Kier alpha value is -1.62. The highest BCUT2D eigenvalue weighted by molar-refractivity contribution is 5.83. The minimum Gasteiger partial charge on any atom is -0.420 e. The summed E-state index contributed by atoms with van der Waals surface area (Å²) in [7, 11) is 0. The molecule has 5 heteroatoms. The van der Waals surface area contributed by atoms with Crippen LogP contribution in [0.4, 0.5) is 10.6 Å². The van der Waals surface area contributed by atoms with Gasteiger partial charge in [0, 0.05) is 6.20 Å². The number of hydrogen-bond donors (Lipinski definition) is 2. The van der Waals surface area contributed by atoms with Crippen molar-refractivity contribution in [3.8, 4) is 0 Å². The minimum atomic E-state index is -1.12. The maximum Gasteiger partial charge on any atom is 0.415 e. The fourth-order valence-corrected chi connectivity index (χ4v) is 0.726. The van der Waals surface area contributed by atoms with Crippen LogP contribution in [0.2, 0.25) is 0 Å². The van der Waals surface area contributed by atoms with Crippen molar-refractivity contribution in [2.45, 2.75) is 13.2 Å². The number of anilines is 1. The summed E-state index contributed by atoms with van der Waals surface area (Å²) in [4.78, 5) is 14.7. The quantitative estimate of drug-likeness (QED) is 0.668. The van der Waals surface area contributed by atoms with E-state index in [1.54, 1.807) is 18.2 Å². The standard InChI is InChI=1S/C8H10N2O3/c1-6(11)13-8(12)10-7-4-2-3-5-9-7/h2-6,11H,1H3,(H,9,10,12). The normalized spacial score (nSPS) is 11.8. The van der Waals surface area contributed by atoms with E-state index in [0.29, 0.717) is 5.82 Å². The molecule has 1 unspecified atom stereocenters. The SMILES string of the molecule is CC(O)OC(=O)Nc1ccccn1. The molecule has 70 valence electrons. The summed E-state index contributed by atoms with van der Waals surface area (Å²) in [6.45, 7) is 1.35. The fourth-order valence-electron chi connectivity index (χ4n) is 0.726. The molecule has 1 aromatic heterocycles. The zero-order chi connectivity index (χ0) is 9.68. The third-order valence-corrected chi connectivity index (χ3v) is 1.17. The van der Waals surface area contributed by atoms with E-state index in [1.807, 2.05) is 0 Å². The topological polar surface area (TPSA) is 71.5 Å². The predicted molar refractivity (Wildman–Crippen MR) is 46.0 cm³/mol. The number of carbonyl (C=O) groups is 1. The summed E-state index contributed by atoms with van der Waals surface area (Å²) in [5.74, 6) is 0.383. The van der Waals surface area contributed by atoms with Crippen LogP contribution < -0.4 is 5.32 Å². The molecule has 1 heterocycles. The Morgan fingerprint density at radius 1 is 1.69 bits per heavy atom. The summed E-state index contributed by atoms with van der Waals surface area (Å²) in [5, 5.41) is 11.0. The van der Waals surface area contributed by atoms with Gasteiger partial charge in [-0.3, -0.25) is 5.32 Å². The van der Waals surface area contributed by atoms with Crippen LogP contribution in [0.3, 0.4) is 0 Å². The molecular formula is C8H10N2O3. The van der Waals surface area contributed by atoms with Gasteiger partial charge in [-0.05, 0) is 19.1 Å². The molecule has 0 aliphatic carbocycles. The Balaban J connectivity index is 2.46. The lowest BCUT2D eigenvalue weighted by Crippen LogP contribution is -2.19. The van der Waals surface area contributed by atoms with E-state index in [-0.39, 0.29) is 0 Å². The third-order valence-electron chi connectivity index (χ3n) is 1.17. The molecule has 2 N–H and O–H groups in total. The molecule has 0 saturated heterocycles. The van der Waals surface area contributed by atoms with Crippen molar-refractivity contribution in [1.82, 2.24) is 4.98 Å². The molecule has 0 aliphatic rings. The molecular weight excluding hydrogens is 172 g/mol. The van der Waals surface area contributed by atoms with Gasteiger partial charge in [0.1, 0.15) is 5.82 Å². The maximum absolute atomic E-state index is 10.9. The van der Waals surface area contributed by atoms with Gasteiger partial charge in [0.25, 0.3) is 0 Å². The van der Waals surface area contributed by atoms with Gasteiger partial charge in [-0.15, -0.1) is 0 Å². The molecule has 0 saturated carbocycles. The highest BCUT2D eigenvalue weighted by Gasteiger charge is 2.05. The van der Waals surface area contributed by atoms with Crippen molar-refractivity contribution >= 4 is 11.9 Å². The molecule has 1 amide bonds. The molecule has 1 rings (SSSR count). The lowest BCUT2D eigenvalue weighted by molar-refractivity contribution is -0.0314. The molecule has 0 fully saturated rings. The number of ether oxygens (including phenoxy) is 1. The lowest BCUT2D eigenvalue weighted by atomic mass is 10.5. The van der Waals surface area contributed by atoms with Gasteiger partial charge >= 0.3 is 6.09 Å². The van der Waals surface area contributed by atoms with E-state index >= 15 is 0 Å². The highest BCUT2D eigenvalue weighted by atomic mass is 16.6. The van der Waals surface area contributed by atoms with Gasteiger partial charge in [0.05, 0.1) is 0 Å². The number of pyridine rings is 1. The molecule has 0 aliphatic heterocycles. The molecule has 0 aromatic carbocycles. The van der Waals surface area contributed by atoms with Crippen molar-refractivity contribution in [3.05, 3.63) is 24.4 Å². The Bertz CT molecular complexity index is 274. The first-order chi connectivity index (χ1) is 6.18. The number of rotatable bonds is 2. The van der Waals surface area contributed by atoms with Crippen molar-refractivity contribution in [2.75, 3.05) is 5.32 Å². The van der Waals surface area contributed by atoms with Crippen LogP contribution in [0.25, 0.3) is 0 Å². The van der Waals surface area contributed by atoms with Gasteiger partial charge in [0.15, 0.2) is 6.29 Å². The Morgan fingerprint density at radius 2 is 2.46 bits per heavy atom. The summed E-state index contributed by atoms with van der Waals surface area (Å²) in [5.41, 5.74) is 0. The van der Waals surface area contributed by atoms with E-state index < -0.39 is 12.4 Å². The molecule has 0 radical (unpaired) electrons. The molecule has 1 atom stereocenters. The van der Waals surface area contributed by atoms with Gasteiger partial charge in [0.2, 0.25) is 0 Å². The second-order valence-electron chi connectivity index (χ2n) is 2.34. The fraction of sp³-hybridized carbons (Fsp3) is 0.250. The van der Waals surface area contributed by atoms with Crippen LogP contribution in [0.15, 0.2) is 24.4 Å². The summed E-state index contributed by atoms with van der Waals surface area (Å²) >= 11 is 0. The monoisotopic (exact) mass is 182 g/mol. The van der Waals surface area contributed by atoms with Crippen molar-refractivity contribution in [3.63, 3.8) is 0 Å². The number of aliphatic hydroxyl groups excluding tert-OH is 1. The number of amides is 1. The number of nitrogens with one attached hydrogen (secondary N) is 1. The van der Waals surface area contributed by atoms with Gasteiger partial charge in [-0.1, -0.05) is 6.07 Å². The second kappa shape index (κ2) is 4.42. The number of nitrogens with zero attached hydrogens (tertiary/aromatic N) is 1. The molecule has 0 bridgehead atoms. The highest BCUT2D eigenvalue weighted by Crippen LogP contribution is 2.00. The molecule has 13 heavy (non-hydrogen) atoms. The Kier molecular flexibility index (Phi) is 3.22. The first-order valence-electron chi connectivity index (χ1n) is 3.75. The number of hydrogen-bond acceptors (Lipinski definition) is 4. The average molecular weight is 182 g/mol. The van der Waals surface area contributed by atoms with E-state index in [2.05, 4.69) is 15.0 Å². The Morgan fingerprint density at radius 3 is 3.00 bits per heavy atom. The molecule has 0 spiro atoms. The predicted octanol–water partition coefficient (Wildman–Crippen LogP) is 0.968. The van der Waals surface area contributed by atoms with Crippen LogP contribution in [0, 0.1) is 0 Å². The second-order valence-corrected chi connectivity index (χ2v) is 2.34. The minimum absolute atomic E-state index is 0.383. The van der Waals surface area contributed by atoms with Crippen LogP contribution in [0.1, 0.15) is 6.92 Å².